The Morgan fingerprint density at radius 2 is 1.12 bits per heavy atom. The van der Waals surface area contributed by atoms with E-state index in [1.165, 1.54) is 0 Å². The Kier molecular flexibility index (Phi) is 8.64. The molecule has 0 unspecified atom stereocenters. The third-order valence-corrected chi connectivity index (χ3v) is 6.17. The molecule has 5 nitrogen and oxygen atoms in total. The second-order valence-corrected chi connectivity index (χ2v) is 8.66. The van der Waals surface area contributed by atoms with Gasteiger partial charge in [0.25, 0.3) is 0 Å². The van der Waals surface area contributed by atoms with Gasteiger partial charge in [-0.2, -0.15) is 0 Å². The molecular weight excluding hydrogens is 414 g/mol. The molecule has 0 amide bonds. The molecule has 1 aliphatic rings. The third-order valence-electron chi connectivity index (χ3n) is 6.17. The molecule has 174 valence electrons. The lowest BCUT2D eigenvalue weighted by Crippen LogP contribution is -2.60. The van der Waals surface area contributed by atoms with Crippen LogP contribution in [0.5, 0.6) is 0 Å². The van der Waals surface area contributed by atoms with Gasteiger partial charge >= 0.3 is 0 Å². The van der Waals surface area contributed by atoms with Crippen molar-refractivity contribution < 1.29 is 19.3 Å². The Labute approximate surface area is 196 Å². The summed E-state index contributed by atoms with van der Waals surface area (Å²) < 4.78 is 18.7. The normalized spacial score (nSPS) is 25.1. The number of aliphatic hydroxyl groups excluding tert-OH is 1. The highest BCUT2D eigenvalue weighted by molar-refractivity contribution is 5.15. The molecule has 3 aromatic carbocycles. The molecule has 33 heavy (non-hydrogen) atoms. The molecule has 4 rings (SSSR count). The number of benzene rings is 3. The third kappa shape index (κ3) is 6.73. The van der Waals surface area contributed by atoms with Gasteiger partial charge in [-0.05, 0) is 23.1 Å². The second kappa shape index (κ2) is 12.1. The minimum Gasteiger partial charge on any atom is -0.391 e. The highest BCUT2D eigenvalue weighted by atomic mass is 16.5. The molecule has 5 heteroatoms. The first kappa shape index (κ1) is 23.6. The molecule has 3 N–H and O–H groups in total. The number of nitrogens with two attached hydrogens (primary N) is 1. The summed E-state index contributed by atoms with van der Waals surface area (Å²) in [6.07, 6.45) is -0.889. The lowest BCUT2D eigenvalue weighted by atomic mass is 9.79. The summed E-state index contributed by atoms with van der Waals surface area (Å²) in [6, 6.07) is 29.6. The lowest BCUT2D eigenvalue weighted by molar-refractivity contribution is -0.169. The van der Waals surface area contributed by atoms with Crippen LogP contribution in [0.15, 0.2) is 91.0 Å². The van der Waals surface area contributed by atoms with Gasteiger partial charge in [-0.25, -0.2) is 0 Å². The Hall–Kier alpha value is -2.54. The van der Waals surface area contributed by atoms with Gasteiger partial charge in [0.05, 0.1) is 44.7 Å². The molecule has 5 atom stereocenters. The van der Waals surface area contributed by atoms with E-state index in [9.17, 15) is 5.11 Å². The molecule has 1 aliphatic carbocycles. The molecule has 0 saturated heterocycles. The number of rotatable bonds is 10. The first-order chi connectivity index (χ1) is 16.2. The van der Waals surface area contributed by atoms with E-state index in [4.69, 9.17) is 19.9 Å². The number of hydrogen-bond acceptors (Lipinski definition) is 5. The largest absolute Gasteiger partial charge is 0.391 e. The van der Waals surface area contributed by atoms with E-state index in [2.05, 4.69) is 0 Å². The summed E-state index contributed by atoms with van der Waals surface area (Å²) >= 11 is 0. The summed E-state index contributed by atoms with van der Waals surface area (Å²) in [4.78, 5) is 0. The van der Waals surface area contributed by atoms with Crippen molar-refractivity contribution in [1.82, 2.24) is 0 Å². The zero-order valence-corrected chi connectivity index (χ0v) is 18.8. The van der Waals surface area contributed by atoms with Crippen LogP contribution in [0.1, 0.15) is 23.1 Å². The van der Waals surface area contributed by atoms with Crippen LogP contribution in [0.3, 0.4) is 0 Å². The highest BCUT2D eigenvalue weighted by Gasteiger charge is 2.44. The van der Waals surface area contributed by atoms with Gasteiger partial charge in [-0.3, -0.25) is 0 Å². The second-order valence-electron chi connectivity index (χ2n) is 8.66. The van der Waals surface area contributed by atoms with Crippen molar-refractivity contribution in [1.29, 1.82) is 0 Å². The first-order valence-electron chi connectivity index (χ1n) is 11.6. The number of aliphatic hydroxyl groups is 1. The van der Waals surface area contributed by atoms with Gasteiger partial charge in [0.2, 0.25) is 0 Å². The maximum atomic E-state index is 10.7. The fourth-order valence-electron chi connectivity index (χ4n) is 4.34. The van der Waals surface area contributed by atoms with Crippen molar-refractivity contribution in [2.75, 3.05) is 6.61 Å². The van der Waals surface area contributed by atoms with Gasteiger partial charge in [0.15, 0.2) is 0 Å². The van der Waals surface area contributed by atoms with Gasteiger partial charge in [0.1, 0.15) is 6.10 Å². The predicted octanol–water partition coefficient (Wildman–Crippen LogP) is 4.08. The van der Waals surface area contributed by atoms with Gasteiger partial charge in [-0.1, -0.05) is 91.0 Å². The SMILES string of the molecule is N[C@H]1[C@H](OCc2ccccc2)[C@@H](OCc2ccccc2)[C@H](COCc2ccccc2)C[C@@H]1O. The average Bonchev–Trinajstić information content (AvgIpc) is 2.86. The number of ether oxygens (including phenoxy) is 3. The predicted molar refractivity (Wildman–Crippen MR) is 128 cm³/mol. The summed E-state index contributed by atoms with van der Waals surface area (Å²) in [5.41, 5.74) is 9.69. The fraction of sp³-hybridized carbons (Fsp3) is 0.357. The molecule has 0 aliphatic heterocycles. The van der Waals surface area contributed by atoms with Crippen LogP contribution in [0.25, 0.3) is 0 Å². The van der Waals surface area contributed by atoms with Crippen molar-refractivity contribution in [3.63, 3.8) is 0 Å². The standard InChI is InChI=1S/C28H33NO4/c29-26-25(30)16-24(20-31-17-21-10-4-1-5-11-21)27(32-18-22-12-6-2-7-13-22)28(26)33-19-23-14-8-3-9-15-23/h1-15,24-28,30H,16-20,29H2/t24-,25-,26+,27-,28-/m0/s1. The van der Waals surface area contributed by atoms with E-state index in [1.807, 2.05) is 91.0 Å². The zero-order chi connectivity index (χ0) is 22.9. The van der Waals surface area contributed by atoms with Crippen molar-refractivity contribution in [3.05, 3.63) is 108 Å². The van der Waals surface area contributed by atoms with E-state index >= 15 is 0 Å². The maximum Gasteiger partial charge on any atom is 0.102 e. The quantitative estimate of drug-likeness (QED) is 0.490. The van der Waals surface area contributed by atoms with Crippen LogP contribution in [-0.4, -0.2) is 36.1 Å². The monoisotopic (exact) mass is 447 g/mol. The van der Waals surface area contributed by atoms with Crippen molar-refractivity contribution in [2.45, 2.75) is 50.6 Å². The molecule has 0 heterocycles. The molecule has 1 fully saturated rings. The van der Waals surface area contributed by atoms with Crippen LogP contribution < -0.4 is 5.73 Å². The van der Waals surface area contributed by atoms with Crippen LogP contribution >= 0.6 is 0 Å². The molecule has 0 radical (unpaired) electrons. The van der Waals surface area contributed by atoms with Crippen LogP contribution in [0.4, 0.5) is 0 Å². The topological polar surface area (TPSA) is 73.9 Å². The maximum absolute atomic E-state index is 10.7. The smallest absolute Gasteiger partial charge is 0.102 e. The molecule has 0 spiro atoms. The van der Waals surface area contributed by atoms with E-state index < -0.39 is 18.2 Å². The Morgan fingerprint density at radius 3 is 1.64 bits per heavy atom. The van der Waals surface area contributed by atoms with Gasteiger partial charge in [-0.15, -0.1) is 0 Å². The van der Waals surface area contributed by atoms with E-state index in [0.717, 1.165) is 16.7 Å². The molecule has 0 bridgehead atoms. The summed E-state index contributed by atoms with van der Waals surface area (Å²) in [5, 5.41) is 10.7. The summed E-state index contributed by atoms with van der Waals surface area (Å²) in [5.74, 6) is -0.0343. The highest BCUT2D eigenvalue weighted by Crippen LogP contribution is 2.31. The summed E-state index contributed by atoms with van der Waals surface area (Å²) in [6.45, 7) is 1.84. The minimum absolute atomic E-state index is 0.0343. The van der Waals surface area contributed by atoms with Crippen LogP contribution in [0.2, 0.25) is 0 Å². The molecule has 1 saturated carbocycles. The van der Waals surface area contributed by atoms with E-state index in [1.54, 1.807) is 0 Å². The fourth-order valence-corrected chi connectivity index (χ4v) is 4.34. The van der Waals surface area contributed by atoms with Gasteiger partial charge < -0.3 is 25.1 Å². The Morgan fingerprint density at radius 1 is 0.667 bits per heavy atom. The first-order valence-corrected chi connectivity index (χ1v) is 11.6. The van der Waals surface area contributed by atoms with Crippen molar-refractivity contribution in [2.24, 2.45) is 11.7 Å². The zero-order valence-electron chi connectivity index (χ0n) is 18.8. The van der Waals surface area contributed by atoms with Gasteiger partial charge in [0, 0.05) is 5.92 Å². The number of hydrogen-bond donors (Lipinski definition) is 2. The van der Waals surface area contributed by atoms with Crippen LogP contribution in [0, 0.1) is 5.92 Å². The molecular formula is C28H33NO4. The van der Waals surface area contributed by atoms with Crippen molar-refractivity contribution >= 4 is 0 Å². The molecule has 3 aromatic rings. The van der Waals surface area contributed by atoms with Crippen LogP contribution in [-0.2, 0) is 34.0 Å². The van der Waals surface area contributed by atoms with E-state index in [-0.39, 0.29) is 12.0 Å². The van der Waals surface area contributed by atoms with E-state index in [0.29, 0.717) is 32.8 Å². The lowest BCUT2D eigenvalue weighted by Gasteiger charge is -2.43. The van der Waals surface area contributed by atoms with Crippen molar-refractivity contribution in [3.8, 4) is 0 Å². The Balaban J connectivity index is 1.46. The average molecular weight is 448 g/mol. The summed E-state index contributed by atoms with van der Waals surface area (Å²) in [7, 11) is 0. The molecule has 0 aromatic heterocycles. The Bertz CT molecular complexity index is 938. The minimum atomic E-state index is -0.673.